The summed E-state index contributed by atoms with van der Waals surface area (Å²) < 4.78 is 6.61. The van der Waals surface area contributed by atoms with Gasteiger partial charge in [0.15, 0.2) is 5.75 Å². The molecule has 0 bridgehead atoms. The van der Waals surface area contributed by atoms with Crippen molar-refractivity contribution in [3.05, 3.63) is 79.6 Å². The van der Waals surface area contributed by atoms with Crippen molar-refractivity contribution in [2.24, 2.45) is 0 Å². The highest BCUT2D eigenvalue weighted by Gasteiger charge is 2.26. The SMILES string of the molecule is O=[N+]([O-])c1c(Nc2cccc(Cl)c2Cl)ncnc1Oc1ccc(Br)c2cccnc12. The number of pyridine rings is 1. The molecule has 11 heteroatoms. The number of anilines is 2. The topological polar surface area (TPSA) is 103 Å². The van der Waals surface area contributed by atoms with Crippen LogP contribution >= 0.6 is 39.1 Å². The van der Waals surface area contributed by atoms with Crippen LogP contribution in [-0.4, -0.2) is 19.9 Å². The summed E-state index contributed by atoms with van der Waals surface area (Å²) in [4.78, 5) is 23.4. The summed E-state index contributed by atoms with van der Waals surface area (Å²) in [6.07, 6.45) is 2.75. The summed E-state index contributed by atoms with van der Waals surface area (Å²) in [5.74, 6) is -0.0317. The first-order valence-electron chi connectivity index (χ1n) is 8.37. The van der Waals surface area contributed by atoms with Gasteiger partial charge in [0.1, 0.15) is 11.8 Å². The van der Waals surface area contributed by atoms with Gasteiger partial charge in [0.25, 0.3) is 0 Å². The Morgan fingerprint density at radius 2 is 1.90 bits per heavy atom. The molecule has 0 saturated heterocycles. The predicted molar refractivity (Wildman–Crippen MR) is 118 cm³/mol. The molecule has 0 spiro atoms. The number of nitrogens with one attached hydrogen (secondary N) is 1. The molecule has 2 heterocycles. The maximum absolute atomic E-state index is 11.8. The lowest BCUT2D eigenvalue weighted by Gasteiger charge is -2.12. The number of ether oxygens (including phenoxy) is 1. The molecule has 0 fully saturated rings. The van der Waals surface area contributed by atoms with Gasteiger partial charge < -0.3 is 10.1 Å². The lowest BCUT2D eigenvalue weighted by atomic mass is 10.2. The Labute approximate surface area is 188 Å². The largest absolute Gasteiger partial charge is 0.431 e. The molecule has 0 saturated carbocycles. The third-order valence-corrected chi connectivity index (χ3v) is 5.57. The van der Waals surface area contributed by atoms with Crippen LogP contribution in [-0.2, 0) is 0 Å². The molecule has 0 aliphatic carbocycles. The molecular formula is C19H10BrCl2N5O3. The molecule has 4 rings (SSSR count). The predicted octanol–water partition coefficient (Wildman–Crippen LogP) is 6.54. The second-order valence-electron chi connectivity index (χ2n) is 5.91. The average molecular weight is 507 g/mol. The van der Waals surface area contributed by atoms with Crippen molar-refractivity contribution >= 4 is 67.2 Å². The van der Waals surface area contributed by atoms with Gasteiger partial charge in [-0.1, -0.05) is 51.3 Å². The molecule has 30 heavy (non-hydrogen) atoms. The maximum Gasteiger partial charge on any atom is 0.373 e. The third kappa shape index (κ3) is 3.87. The zero-order valence-corrected chi connectivity index (χ0v) is 17.9. The van der Waals surface area contributed by atoms with E-state index >= 15 is 0 Å². The van der Waals surface area contributed by atoms with E-state index in [2.05, 4.69) is 36.2 Å². The van der Waals surface area contributed by atoms with Crippen LogP contribution in [0.15, 0.2) is 59.5 Å². The van der Waals surface area contributed by atoms with Crippen molar-refractivity contribution in [2.45, 2.75) is 0 Å². The van der Waals surface area contributed by atoms with Gasteiger partial charge in [-0.15, -0.1) is 0 Å². The number of rotatable bonds is 5. The van der Waals surface area contributed by atoms with E-state index in [1.807, 2.05) is 6.07 Å². The van der Waals surface area contributed by atoms with Crippen molar-refractivity contribution in [1.29, 1.82) is 0 Å². The van der Waals surface area contributed by atoms with Crippen molar-refractivity contribution in [3.8, 4) is 11.6 Å². The molecular weight excluding hydrogens is 497 g/mol. The molecule has 0 amide bonds. The molecule has 0 unspecified atom stereocenters. The molecule has 0 aliphatic heterocycles. The fraction of sp³-hybridized carbons (Fsp3) is 0. The Balaban J connectivity index is 1.79. The van der Waals surface area contributed by atoms with E-state index in [-0.39, 0.29) is 16.7 Å². The van der Waals surface area contributed by atoms with E-state index in [4.69, 9.17) is 27.9 Å². The first-order valence-corrected chi connectivity index (χ1v) is 9.92. The molecule has 1 N–H and O–H groups in total. The third-order valence-electron chi connectivity index (χ3n) is 4.06. The highest BCUT2D eigenvalue weighted by Crippen LogP contribution is 2.40. The molecule has 4 aromatic rings. The van der Waals surface area contributed by atoms with Gasteiger partial charge in [0.2, 0.25) is 5.82 Å². The van der Waals surface area contributed by atoms with E-state index in [1.54, 1.807) is 42.6 Å². The molecule has 2 aromatic heterocycles. The fourth-order valence-electron chi connectivity index (χ4n) is 2.72. The number of nitro groups is 1. The summed E-state index contributed by atoms with van der Waals surface area (Å²) >= 11 is 15.6. The molecule has 2 aromatic carbocycles. The minimum absolute atomic E-state index is 0.0939. The van der Waals surface area contributed by atoms with Crippen LogP contribution in [0.25, 0.3) is 10.9 Å². The minimum Gasteiger partial charge on any atom is -0.431 e. The van der Waals surface area contributed by atoms with E-state index in [0.29, 0.717) is 22.0 Å². The average Bonchev–Trinajstić information content (AvgIpc) is 2.73. The highest BCUT2D eigenvalue weighted by atomic mass is 79.9. The summed E-state index contributed by atoms with van der Waals surface area (Å²) in [6.45, 7) is 0. The van der Waals surface area contributed by atoms with Crippen molar-refractivity contribution in [3.63, 3.8) is 0 Å². The molecule has 8 nitrogen and oxygen atoms in total. The van der Waals surface area contributed by atoms with Crippen molar-refractivity contribution in [1.82, 2.24) is 15.0 Å². The number of benzene rings is 2. The highest BCUT2D eigenvalue weighted by molar-refractivity contribution is 9.10. The van der Waals surface area contributed by atoms with Crippen LogP contribution < -0.4 is 10.1 Å². The summed E-state index contributed by atoms with van der Waals surface area (Å²) in [5, 5.41) is 15.9. The molecule has 0 radical (unpaired) electrons. The van der Waals surface area contributed by atoms with Gasteiger partial charge in [-0.05, 0) is 30.3 Å². The quantitative estimate of drug-likeness (QED) is 0.242. The number of nitrogens with zero attached hydrogens (tertiary/aromatic N) is 4. The molecule has 150 valence electrons. The number of fused-ring (bicyclic) bond motifs is 1. The van der Waals surface area contributed by atoms with Crippen LogP contribution in [0.1, 0.15) is 0 Å². The van der Waals surface area contributed by atoms with E-state index in [0.717, 1.165) is 16.2 Å². The van der Waals surface area contributed by atoms with Gasteiger partial charge in [0, 0.05) is 16.1 Å². The first kappa shape index (κ1) is 20.3. The number of hydrogen-bond acceptors (Lipinski definition) is 7. The minimum atomic E-state index is -0.634. The molecule has 0 aliphatic rings. The number of halogens is 3. The van der Waals surface area contributed by atoms with Crippen molar-refractivity contribution in [2.75, 3.05) is 5.32 Å². The number of aromatic nitrogens is 3. The van der Waals surface area contributed by atoms with Crippen LogP contribution in [0.5, 0.6) is 11.6 Å². The lowest BCUT2D eigenvalue weighted by molar-refractivity contribution is -0.385. The standard InChI is InChI=1S/C19H10BrCl2N5O3/c20-11-6-7-14(16-10(11)3-2-8-23-16)30-19-17(27(28)29)18(24-9-25-19)26-13-5-1-4-12(21)15(13)22/h1-9H,(H,24,25,26). The van der Waals surface area contributed by atoms with Gasteiger partial charge in [-0.25, -0.2) is 4.98 Å². The summed E-state index contributed by atoms with van der Waals surface area (Å²) in [6, 6.07) is 11.9. The van der Waals surface area contributed by atoms with E-state index in [1.165, 1.54) is 0 Å². The van der Waals surface area contributed by atoms with Gasteiger partial charge >= 0.3 is 11.6 Å². The molecule has 0 atom stereocenters. The number of hydrogen-bond donors (Lipinski definition) is 1. The van der Waals surface area contributed by atoms with Gasteiger partial charge in [-0.3, -0.25) is 15.1 Å². The summed E-state index contributed by atoms with van der Waals surface area (Å²) in [5.41, 5.74) is 0.417. The zero-order chi connectivity index (χ0) is 21.3. The maximum atomic E-state index is 11.8. The van der Waals surface area contributed by atoms with Crippen LogP contribution in [0.4, 0.5) is 17.2 Å². The Morgan fingerprint density at radius 1 is 1.07 bits per heavy atom. The van der Waals surface area contributed by atoms with Crippen LogP contribution in [0.2, 0.25) is 10.0 Å². The first-order chi connectivity index (χ1) is 14.5. The Morgan fingerprint density at radius 3 is 2.70 bits per heavy atom. The Hall–Kier alpha value is -3.01. The van der Waals surface area contributed by atoms with Gasteiger partial charge in [-0.2, -0.15) is 4.98 Å². The Bertz CT molecular complexity index is 1290. The second kappa shape index (κ2) is 8.39. The monoisotopic (exact) mass is 505 g/mol. The smallest absolute Gasteiger partial charge is 0.373 e. The van der Waals surface area contributed by atoms with Gasteiger partial charge in [0.05, 0.1) is 20.7 Å². The summed E-state index contributed by atoms with van der Waals surface area (Å²) in [7, 11) is 0. The normalized spacial score (nSPS) is 10.8. The van der Waals surface area contributed by atoms with Crippen molar-refractivity contribution < 1.29 is 9.66 Å². The van der Waals surface area contributed by atoms with E-state index < -0.39 is 10.6 Å². The second-order valence-corrected chi connectivity index (χ2v) is 7.55. The van der Waals surface area contributed by atoms with Crippen LogP contribution in [0, 0.1) is 10.1 Å². The lowest BCUT2D eigenvalue weighted by Crippen LogP contribution is -2.04. The van der Waals surface area contributed by atoms with E-state index in [9.17, 15) is 10.1 Å². The zero-order valence-electron chi connectivity index (χ0n) is 14.8. The Kier molecular flexibility index (Phi) is 5.67. The van der Waals surface area contributed by atoms with Crippen LogP contribution in [0.3, 0.4) is 0 Å². The fourth-order valence-corrected chi connectivity index (χ4v) is 3.52.